The average molecular weight is 280 g/mol. The van der Waals surface area contributed by atoms with Crippen LogP contribution in [0.3, 0.4) is 0 Å². The second-order valence-electron chi connectivity index (χ2n) is 4.06. The van der Waals surface area contributed by atoms with Crippen molar-refractivity contribution in [1.82, 2.24) is 15.3 Å². The van der Waals surface area contributed by atoms with Crippen LogP contribution in [0.4, 0.5) is 0 Å². The number of phenols is 1. The summed E-state index contributed by atoms with van der Waals surface area (Å²) in [7, 11) is 0. The van der Waals surface area contributed by atoms with E-state index >= 15 is 0 Å². The summed E-state index contributed by atoms with van der Waals surface area (Å²) < 4.78 is 0. The predicted octanol–water partition coefficient (Wildman–Crippen LogP) is 2.13. The maximum atomic E-state index is 11.8. The highest BCUT2D eigenvalue weighted by Gasteiger charge is 2.10. The molecule has 1 heterocycles. The zero-order valence-corrected chi connectivity index (χ0v) is 10.9. The van der Waals surface area contributed by atoms with E-state index in [-0.39, 0.29) is 17.2 Å². The summed E-state index contributed by atoms with van der Waals surface area (Å²) in [5, 5.41) is 12.7. The number of phenolic OH excluding ortho intramolecular Hbond substituents is 1. The Morgan fingerprint density at radius 3 is 3.05 bits per heavy atom. The van der Waals surface area contributed by atoms with Gasteiger partial charge in [0.05, 0.1) is 5.56 Å². The summed E-state index contributed by atoms with van der Waals surface area (Å²) in [6.07, 6.45) is 4.98. The molecule has 6 heteroatoms. The van der Waals surface area contributed by atoms with Crippen molar-refractivity contribution in [2.24, 2.45) is 0 Å². The van der Waals surface area contributed by atoms with Gasteiger partial charge in [-0.1, -0.05) is 11.6 Å². The van der Waals surface area contributed by atoms with Gasteiger partial charge in [0.2, 0.25) is 0 Å². The molecule has 100 valence electrons. The van der Waals surface area contributed by atoms with Gasteiger partial charge in [0.25, 0.3) is 5.91 Å². The first-order valence-electron chi connectivity index (χ1n) is 5.92. The summed E-state index contributed by atoms with van der Waals surface area (Å²) in [6, 6.07) is 4.38. The number of hydrogen-bond acceptors (Lipinski definition) is 3. The molecule has 3 N–H and O–H groups in total. The number of aromatic nitrogens is 2. The molecule has 0 bridgehead atoms. The molecule has 0 fully saturated rings. The molecule has 5 nitrogen and oxygen atoms in total. The number of aryl methyl sites for hydroxylation is 1. The quantitative estimate of drug-likeness (QED) is 0.734. The predicted molar refractivity (Wildman–Crippen MR) is 72.4 cm³/mol. The molecule has 0 saturated carbocycles. The third-order valence-electron chi connectivity index (χ3n) is 2.63. The Morgan fingerprint density at radius 1 is 1.47 bits per heavy atom. The maximum Gasteiger partial charge on any atom is 0.255 e. The van der Waals surface area contributed by atoms with Crippen LogP contribution < -0.4 is 5.32 Å². The molecule has 1 amide bonds. The number of amides is 1. The minimum atomic E-state index is -0.334. The van der Waals surface area contributed by atoms with Gasteiger partial charge in [-0.05, 0) is 24.6 Å². The van der Waals surface area contributed by atoms with Crippen molar-refractivity contribution in [3.8, 4) is 5.75 Å². The Kier molecular flexibility index (Phi) is 4.41. The highest BCUT2D eigenvalue weighted by molar-refractivity contribution is 6.31. The molecule has 1 aromatic carbocycles. The fraction of sp³-hybridized carbons (Fsp3) is 0.231. The number of carbonyl (C=O) groups excluding carboxylic acids is 1. The Morgan fingerprint density at radius 2 is 2.32 bits per heavy atom. The average Bonchev–Trinajstić information content (AvgIpc) is 2.90. The molecule has 1 aromatic heterocycles. The van der Waals surface area contributed by atoms with Crippen LogP contribution in [0.2, 0.25) is 5.02 Å². The van der Waals surface area contributed by atoms with E-state index in [0.717, 1.165) is 18.7 Å². The Balaban J connectivity index is 1.82. The van der Waals surface area contributed by atoms with E-state index in [0.29, 0.717) is 11.6 Å². The minimum Gasteiger partial charge on any atom is -0.507 e. The molecule has 19 heavy (non-hydrogen) atoms. The number of halogens is 1. The standard InChI is InChI=1S/C13H14ClN3O2/c14-9-3-4-11(18)10(8-9)13(19)17-5-1-2-12-15-6-7-16-12/h3-4,6-8,18H,1-2,5H2,(H,15,16)(H,17,19). The van der Waals surface area contributed by atoms with Crippen LogP contribution in [0.5, 0.6) is 5.75 Å². The highest BCUT2D eigenvalue weighted by atomic mass is 35.5. The van der Waals surface area contributed by atoms with Gasteiger partial charge < -0.3 is 15.4 Å². The monoisotopic (exact) mass is 279 g/mol. The van der Waals surface area contributed by atoms with Crippen molar-refractivity contribution < 1.29 is 9.90 Å². The first-order chi connectivity index (χ1) is 9.16. The molecule has 0 aliphatic carbocycles. The molecule has 0 aliphatic heterocycles. The van der Waals surface area contributed by atoms with Gasteiger partial charge in [-0.15, -0.1) is 0 Å². The lowest BCUT2D eigenvalue weighted by molar-refractivity contribution is 0.0950. The topological polar surface area (TPSA) is 78.0 Å². The van der Waals surface area contributed by atoms with Gasteiger partial charge in [0.15, 0.2) is 0 Å². The molecule has 2 aromatic rings. The third kappa shape index (κ3) is 3.72. The first kappa shape index (κ1) is 13.4. The van der Waals surface area contributed by atoms with E-state index in [4.69, 9.17) is 11.6 Å². The van der Waals surface area contributed by atoms with Crippen LogP contribution in [0.1, 0.15) is 22.6 Å². The fourth-order valence-corrected chi connectivity index (χ4v) is 1.85. The van der Waals surface area contributed by atoms with Crippen molar-refractivity contribution in [3.05, 3.63) is 47.0 Å². The largest absolute Gasteiger partial charge is 0.507 e. The number of nitrogens with zero attached hydrogens (tertiary/aromatic N) is 1. The number of benzene rings is 1. The Labute approximate surface area is 115 Å². The van der Waals surface area contributed by atoms with E-state index in [1.807, 2.05) is 0 Å². The normalized spacial score (nSPS) is 10.4. The molecule has 0 saturated heterocycles. The number of carbonyl (C=O) groups is 1. The molecule has 0 spiro atoms. The van der Waals surface area contributed by atoms with Crippen LogP contribution in [-0.2, 0) is 6.42 Å². The van der Waals surface area contributed by atoms with Gasteiger partial charge in [-0.2, -0.15) is 0 Å². The van der Waals surface area contributed by atoms with Crippen LogP contribution in [0, 0.1) is 0 Å². The van der Waals surface area contributed by atoms with E-state index in [9.17, 15) is 9.90 Å². The maximum absolute atomic E-state index is 11.8. The number of imidazole rings is 1. The zero-order valence-electron chi connectivity index (χ0n) is 10.2. The smallest absolute Gasteiger partial charge is 0.255 e. The lowest BCUT2D eigenvalue weighted by atomic mass is 10.2. The molecule has 0 atom stereocenters. The minimum absolute atomic E-state index is 0.0760. The van der Waals surface area contributed by atoms with Gasteiger partial charge >= 0.3 is 0 Å². The van der Waals surface area contributed by atoms with Gasteiger partial charge in [0.1, 0.15) is 11.6 Å². The SMILES string of the molecule is O=C(NCCCc1ncc[nH]1)c1cc(Cl)ccc1O. The summed E-state index contributed by atoms with van der Waals surface area (Å²) in [6.45, 7) is 0.505. The highest BCUT2D eigenvalue weighted by Crippen LogP contribution is 2.21. The van der Waals surface area contributed by atoms with Gasteiger partial charge in [-0.25, -0.2) is 4.98 Å². The van der Waals surface area contributed by atoms with Crippen molar-refractivity contribution >= 4 is 17.5 Å². The van der Waals surface area contributed by atoms with Crippen molar-refractivity contribution in [2.75, 3.05) is 6.54 Å². The van der Waals surface area contributed by atoms with Crippen LogP contribution in [-0.4, -0.2) is 27.5 Å². The van der Waals surface area contributed by atoms with E-state index in [2.05, 4.69) is 15.3 Å². The molecule has 0 radical (unpaired) electrons. The second kappa shape index (κ2) is 6.24. The lowest BCUT2D eigenvalue weighted by Gasteiger charge is -2.06. The summed E-state index contributed by atoms with van der Waals surface area (Å²) >= 11 is 5.79. The molecular weight excluding hydrogens is 266 g/mol. The zero-order chi connectivity index (χ0) is 13.7. The van der Waals surface area contributed by atoms with E-state index in [1.54, 1.807) is 12.4 Å². The second-order valence-corrected chi connectivity index (χ2v) is 4.49. The van der Waals surface area contributed by atoms with Crippen LogP contribution in [0.25, 0.3) is 0 Å². The molecular formula is C13H14ClN3O2. The van der Waals surface area contributed by atoms with Crippen LogP contribution >= 0.6 is 11.6 Å². The summed E-state index contributed by atoms with van der Waals surface area (Å²) in [4.78, 5) is 18.9. The van der Waals surface area contributed by atoms with Crippen molar-refractivity contribution in [3.63, 3.8) is 0 Å². The summed E-state index contributed by atoms with van der Waals surface area (Å²) in [5.74, 6) is 0.479. The number of hydrogen-bond donors (Lipinski definition) is 3. The fourth-order valence-electron chi connectivity index (χ4n) is 1.68. The number of H-pyrrole nitrogens is 1. The van der Waals surface area contributed by atoms with Crippen molar-refractivity contribution in [2.45, 2.75) is 12.8 Å². The van der Waals surface area contributed by atoms with Gasteiger partial charge in [0, 0.05) is 30.4 Å². The van der Waals surface area contributed by atoms with Crippen LogP contribution in [0.15, 0.2) is 30.6 Å². The number of nitrogens with one attached hydrogen (secondary N) is 2. The van der Waals surface area contributed by atoms with E-state index < -0.39 is 0 Å². The Bertz CT molecular complexity index is 555. The van der Waals surface area contributed by atoms with Crippen molar-refractivity contribution in [1.29, 1.82) is 0 Å². The number of aromatic amines is 1. The van der Waals surface area contributed by atoms with E-state index in [1.165, 1.54) is 18.2 Å². The lowest BCUT2D eigenvalue weighted by Crippen LogP contribution is -2.24. The number of aromatic hydroxyl groups is 1. The molecule has 0 aliphatic rings. The first-order valence-corrected chi connectivity index (χ1v) is 6.29. The molecule has 2 rings (SSSR count). The number of rotatable bonds is 5. The summed E-state index contributed by atoms with van der Waals surface area (Å²) in [5.41, 5.74) is 0.186. The molecule has 0 unspecified atom stereocenters. The Hall–Kier alpha value is -2.01. The third-order valence-corrected chi connectivity index (χ3v) is 2.87. The van der Waals surface area contributed by atoms with Gasteiger partial charge in [-0.3, -0.25) is 4.79 Å².